The Labute approximate surface area is 154 Å². The number of imidazole rings is 1. The van der Waals surface area contributed by atoms with E-state index >= 15 is 0 Å². The van der Waals surface area contributed by atoms with Crippen molar-refractivity contribution in [3.05, 3.63) is 42.6 Å². The minimum absolute atomic E-state index is 0.210. The summed E-state index contributed by atoms with van der Waals surface area (Å²) in [5.41, 5.74) is -0.210. The van der Waals surface area contributed by atoms with Crippen molar-refractivity contribution in [3.8, 4) is 0 Å². The molecular formula is C19H27N5O2. The predicted octanol–water partition coefficient (Wildman–Crippen LogP) is 1.53. The van der Waals surface area contributed by atoms with Crippen LogP contribution in [0.3, 0.4) is 0 Å². The van der Waals surface area contributed by atoms with Crippen molar-refractivity contribution in [2.75, 3.05) is 44.8 Å². The van der Waals surface area contributed by atoms with Gasteiger partial charge in [0.1, 0.15) is 17.2 Å². The Kier molecular flexibility index (Phi) is 5.19. The molecule has 2 aliphatic heterocycles. The summed E-state index contributed by atoms with van der Waals surface area (Å²) < 4.78 is 14.3. The van der Waals surface area contributed by atoms with Crippen molar-refractivity contribution in [2.24, 2.45) is 13.0 Å². The van der Waals surface area contributed by atoms with Crippen LogP contribution in [0.5, 0.6) is 0 Å². The van der Waals surface area contributed by atoms with Crippen molar-refractivity contribution in [3.63, 3.8) is 0 Å². The van der Waals surface area contributed by atoms with Crippen molar-refractivity contribution in [1.82, 2.24) is 19.4 Å². The lowest BCUT2D eigenvalue weighted by Gasteiger charge is -2.31. The van der Waals surface area contributed by atoms with E-state index in [1.807, 2.05) is 43.8 Å². The highest BCUT2D eigenvalue weighted by Crippen LogP contribution is 2.33. The Hall–Kier alpha value is -1.96. The molecule has 0 unspecified atom stereocenters. The molecular weight excluding hydrogens is 330 g/mol. The first kappa shape index (κ1) is 17.5. The maximum absolute atomic E-state index is 6.29. The third kappa shape index (κ3) is 4.06. The van der Waals surface area contributed by atoms with Crippen LogP contribution in [0, 0.1) is 5.92 Å². The van der Waals surface area contributed by atoms with E-state index in [1.54, 1.807) is 0 Å². The number of ether oxygens (including phenoxy) is 2. The van der Waals surface area contributed by atoms with Gasteiger partial charge >= 0.3 is 0 Å². The molecule has 0 saturated carbocycles. The standard InChI is InChI=1S/C19H27N5O2/c1-23-7-6-21-18(23)12-24-8-9-25-15-19(14-24)10-16(13-26-19)11-22-17-4-2-3-5-20-17/h2-7,16H,8-15H2,1H3,(H,20,22)/t16-,19+/m0/s1. The number of pyridine rings is 1. The summed E-state index contributed by atoms with van der Waals surface area (Å²) >= 11 is 0. The molecule has 1 N–H and O–H groups in total. The third-order valence-corrected chi connectivity index (χ3v) is 5.24. The number of hydrogen-bond donors (Lipinski definition) is 1. The molecule has 2 saturated heterocycles. The van der Waals surface area contributed by atoms with Crippen molar-refractivity contribution in [1.29, 1.82) is 0 Å². The van der Waals surface area contributed by atoms with Crippen LogP contribution in [-0.2, 0) is 23.1 Å². The van der Waals surface area contributed by atoms with Gasteiger partial charge in [-0.05, 0) is 18.6 Å². The number of nitrogens with zero attached hydrogens (tertiary/aromatic N) is 4. The van der Waals surface area contributed by atoms with E-state index < -0.39 is 0 Å². The van der Waals surface area contributed by atoms with Gasteiger partial charge in [-0.15, -0.1) is 0 Å². The number of aryl methyl sites for hydroxylation is 1. The second kappa shape index (κ2) is 7.73. The fourth-order valence-electron chi connectivity index (χ4n) is 3.86. The number of nitrogens with one attached hydrogen (secondary N) is 1. The first-order valence-corrected chi connectivity index (χ1v) is 9.28. The normalized spacial score (nSPS) is 26.9. The van der Waals surface area contributed by atoms with Crippen molar-refractivity contribution < 1.29 is 9.47 Å². The Morgan fingerprint density at radius 1 is 1.31 bits per heavy atom. The first-order chi connectivity index (χ1) is 12.7. The van der Waals surface area contributed by atoms with Crippen LogP contribution >= 0.6 is 0 Å². The highest BCUT2D eigenvalue weighted by Gasteiger charge is 2.43. The topological polar surface area (TPSA) is 64.4 Å². The number of rotatable bonds is 5. The summed E-state index contributed by atoms with van der Waals surface area (Å²) in [7, 11) is 2.04. The van der Waals surface area contributed by atoms with Crippen molar-refractivity contribution >= 4 is 5.82 Å². The summed E-state index contributed by atoms with van der Waals surface area (Å²) in [6.07, 6.45) is 6.66. The van der Waals surface area contributed by atoms with Gasteiger partial charge < -0.3 is 19.4 Å². The molecule has 26 heavy (non-hydrogen) atoms. The van der Waals surface area contributed by atoms with Gasteiger partial charge in [0.25, 0.3) is 0 Å². The second-order valence-electron chi connectivity index (χ2n) is 7.38. The van der Waals surface area contributed by atoms with E-state index in [-0.39, 0.29) is 5.60 Å². The van der Waals surface area contributed by atoms with Crippen LogP contribution in [0.1, 0.15) is 12.2 Å². The third-order valence-electron chi connectivity index (χ3n) is 5.24. The zero-order valence-corrected chi connectivity index (χ0v) is 15.3. The number of hydrogen-bond acceptors (Lipinski definition) is 6. The maximum atomic E-state index is 6.29. The van der Waals surface area contributed by atoms with Crippen LogP contribution in [-0.4, -0.2) is 64.5 Å². The molecule has 0 aliphatic carbocycles. The van der Waals surface area contributed by atoms with Gasteiger partial charge in [-0.2, -0.15) is 0 Å². The molecule has 140 valence electrons. The molecule has 0 radical (unpaired) electrons. The monoisotopic (exact) mass is 357 g/mol. The Bertz CT molecular complexity index is 707. The fourth-order valence-corrected chi connectivity index (χ4v) is 3.86. The highest BCUT2D eigenvalue weighted by atomic mass is 16.5. The average molecular weight is 357 g/mol. The molecule has 2 aromatic heterocycles. The second-order valence-corrected chi connectivity index (χ2v) is 7.38. The Balaban J connectivity index is 1.35. The van der Waals surface area contributed by atoms with Gasteiger partial charge in [-0.1, -0.05) is 6.07 Å². The van der Waals surface area contributed by atoms with Crippen LogP contribution in [0.4, 0.5) is 5.82 Å². The number of anilines is 1. The van der Waals surface area contributed by atoms with Crippen LogP contribution in [0.25, 0.3) is 0 Å². The summed E-state index contributed by atoms with van der Waals surface area (Å²) in [6, 6.07) is 5.92. The lowest BCUT2D eigenvalue weighted by Crippen LogP contribution is -2.44. The number of aromatic nitrogens is 3. The van der Waals surface area contributed by atoms with E-state index in [0.717, 1.165) is 57.5 Å². The molecule has 2 fully saturated rings. The van der Waals surface area contributed by atoms with E-state index in [4.69, 9.17) is 9.47 Å². The molecule has 4 heterocycles. The molecule has 2 atom stereocenters. The molecule has 1 spiro atoms. The predicted molar refractivity (Wildman–Crippen MR) is 98.8 cm³/mol. The van der Waals surface area contributed by atoms with Crippen LogP contribution in [0.2, 0.25) is 0 Å². The van der Waals surface area contributed by atoms with Gasteiger partial charge in [-0.3, -0.25) is 4.90 Å². The molecule has 2 aliphatic rings. The van der Waals surface area contributed by atoms with E-state index in [1.165, 1.54) is 0 Å². The highest BCUT2D eigenvalue weighted by molar-refractivity contribution is 5.33. The van der Waals surface area contributed by atoms with E-state index in [0.29, 0.717) is 12.5 Å². The van der Waals surface area contributed by atoms with Crippen LogP contribution in [0.15, 0.2) is 36.8 Å². The molecule has 0 bridgehead atoms. The lowest BCUT2D eigenvalue weighted by atomic mass is 9.94. The van der Waals surface area contributed by atoms with E-state index in [9.17, 15) is 0 Å². The maximum Gasteiger partial charge on any atom is 0.125 e. The molecule has 7 heteroatoms. The quantitative estimate of drug-likeness (QED) is 0.876. The summed E-state index contributed by atoms with van der Waals surface area (Å²) in [6.45, 7) is 5.68. The summed E-state index contributed by atoms with van der Waals surface area (Å²) in [4.78, 5) is 11.2. The van der Waals surface area contributed by atoms with Gasteiger partial charge in [-0.25, -0.2) is 9.97 Å². The van der Waals surface area contributed by atoms with Crippen LogP contribution < -0.4 is 5.32 Å². The van der Waals surface area contributed by atoms with Crippen molar-refractivity contribution in [2.45, 2.75) is 18.6 Å². The average Bonchev–Trinajstić information content (AvgIpc) is 3.18. The fraction of sp³-hybridized carbons (Fsp3) is 0.579. The lowest BCUT2D eigenvalue weighted by molar-refractivity contribution is -0.0564. The molecule has 4 rings (SSSR count). The molecule has 2 aromatic rings. The van der Waals surface area contributed by atoms with Gasteiger partial charge in [0, 0.05) is 51.2 Å². The largest absolute Gasteiger partial charge is 0.377 e. The van der Waals surface area contributed by atoms with Gasteiger partial charge in [0.2, 0.25) is 0 Å². The zero-order chi connectivity index (χ0) is 17.8. The van der Waals surface area contributed by atoms with E-state index in [2.05, 4.69) is 24.8 Å². The minimum atomic E-state index is -0.210. The van der Waals surface area contributed by atoms with Gasteiger partial charge in [0.05, 0.1) is 26.4 Å². The Morgan fingerprint density at radius 2 is 2.27 bits per heavy atom. The molecule has 0 amide bonds. The van der Waals surface area contributed by atoms with Gasteiger partial charge in [0.15, 0.2) is 0 Å². The molecule has 0 aromatic carbocycles. The summed E-state index contributed by atoms with van der Waals surface area (Å²) in [5, 5.41) is 3.42. The first-order valence-electron chi connectivity index (χ1n) is 9.28. The SMILES string of the molecule is Cn1ccnc1CN1CCOC[C@@]2(C[C@@H](CNc3ccccn3)CO2)C1. The summed E-state index contributed by atoms with van der Waals surface area (Å²) in [5.74, 6) is 2.46. The minimum Gasteiger partial charge on any atom is -0.377 e. The molecule has 7 nitrogen and oxygen atoms in total. The smallest absolute Gasteiger partial charge is 0.125 e. The Morgan fingerprint density at radius 3 is 3.08 bits per heavy atom. The zero-order valence-electron chi connectivity index (χ0n) is 15.3.